The van der Waals surface area contributed by atoms with Crippen molar-refractivity contribution in [1.82, 2.24) is 0 Å². The van der Waals surface area contributed by atoms with Gasteiger partial charge in [-0.15, -0.1) is 0 Å². The molecule has 0 saturated heterocycles. The summed E-state index contributed by atoms with van der Waals surface area (Å²) < 4.78 is 67.4. The van der Waals surface area contributed by atoms with Crippen molar-refractivity contribution in [3.63, 3.8) is 0 Å². The molecule has 0 fully saturated rings. The molecule has 1 atom stereocenters. The van der Waals surface area contributed by atoms with Crippen LogP contribution in [0.1, 0.15) is 32.1 Å². The minimum absolute atomic E-state index is 0.703. The summed E-state index contributed by atoms with van der Waals surface area (Å²) in [5.41, 5.74) is 0. The van der Waals surface area contributed by atoms with E-state index in [1.165, 1.54) is 12.1 Å². The van der Waals surface area contributed by atoms with Crippen molar-refractivity contribution >= 4 is 148 Å². The van der Waals surface area contributed by atoms with Crippen molar-refractivity contribution in [2.45, 2.75) is 174 Å². The van der Waals surface area contributed by atoms with Crippen LogP contribution in [0.5, 0.6) is 0 Å². The monoisotopic (exact) mass is 1150 g/mol. The van der Waals surface area contributed by atoms with E-state index in [1.54, 1.807) is 28.4 Å². The van der Waals surface area contributed by atoms with Crippen LogP contribution in [-0.4, -0.2) is 142 Å². The van der Waals surface area contributed by atoms with E-state index >= 15 is 0 Å². The Morgan fingerprint density at radius 2 is 0.548 bits per heavy atom. The van der Waals surface area contributed by atoms with E-state index in [4.69, 9.17) is 46.5 Å². The largest absolute Gasteiger partial charge is 0.491 e. The van der Waals surface area contributed by atoms with Crippen LogP contribution in [0.15, 0.2) is 0 Å². The molecule has 0 aromatic carbocycles. The SMILES string of the molecule is CO[Si](CCCS)(OC)O[Si](C)(C)O[Si](CCCS)(OC)OC.C[Si](C)(C)O[Si](C)(C)O[Si](C)(CCCS)O[Si](C)(C)C.C[Si](C)(CCCS)O[Si](C)(C)O[Si](C)(C)CCCS. The minimum Gasteiger partial charge on any atom is -0.437 e. The number of hydrogen-bond acceptors (Lipinski definition) is 16. The molecule has 0 aromatic rings. The van der Waals surface area contributed by atoms with Gasteiger partial charge in [0.25, 0.3) is 0 Å². The third-order valence-electron chi connectivity index (χ3n) is 8.57. The molecule has 62 heavy (non-hydrogen) atoms. The fourth-order valence-corrected chi connectivity index (χ4v) is 52.5. The van der Waals surface area contributed by atoms with Gasteiger partial charge >= 0.3 is 51.9 Å². The first-order valence-corrected chi connectivity index (χ1v) is 53.2. The maximum atomic E-state index is 6.55. The van der Waals surface area contributed by atoms with E-state index in [9.17, 15) is 0 Å². The van der Waals surface area contributed by atoms with Crippen LogP contribution < -0.4 is 0 Å². The van der Waals surface area contributed by atoms with E-state index in [1.807, 2.05) is 13.1 Å². The zero-order chi connectivity index (χ0) is 49.4. The van der Waals surface area contributed by atoms with Crippen molar-refractivity contribution in [2.24, 2.45) is 0 Å². The van der Waals surface area contributed by atoms with Gasteiger partial charge in [-0.25, -0.2) is 0 Å². The summed E-state index contributed by atoms with van der Waals surface area (Å²) in [7, 11) is -14.3. The molecule has 0 saturated carbocycles. The predicted octanol–water partition coefficient (Wildman–Crippen LogP) is 12.4. The fraction of sp³-hybridized carbons (Fsp3) is 1.00. The van der Waals surface area contributed by atoms with Crippen molar-refractivity contribution in [2.75, 3.05) is 57.2 Å². The maximum Gasteiger partial charge on any atom is 0.491 e. The summed E-state index contributed by atoms with van der Waals surface area (Å²) in [4.78, 5) is 0. The Morgan fingerprint density at radius 1 is 0.290 bits per heavy atom. The molecule has 0 spiro atoms. The summed E-state index contributed by atoms with van der Waals surface area (Å²) in [5.74, 6) is 4.29. The molecule has 0 amide bonds. The Labute approximate surface area is 422 Å². The van der Waals surface area contributed by atoms with Gasteiger partial charge in [-0.3, -0.25) is 0 Å². The van der Waals surface area contributed by atoms with Gasteiger partial charge < -0.3 is 46.5 Å². The van der Waals surface area contributed by atoms with Crippen LogP contribution in [0.4, 0.5) is 0 Å². The van der Waals surface area contributed by atoms with Crippen LogP contribution in [0.2, 0.25) is 142 Å². The Kier molecular flexibility index (Phi) is 36.5. The molecule has 378 valence electrons. The lowest BCUT2D eigenvalue weighted by Gasteiger charge is -2.41. The van der Waals surface area contributed by atoms with Gasteiger partial charge in [-0.05, 0) is 190 Å². The zero-order valence-corrected chi connectivity index (χ0v) is 57.8. The highest BCUT2D eigenvalue weighted by Gasteiger charge is 2.51. The maximum absolute atomic E-state index is 6.55. The lowest BCUT2D eigenvalue weighted by atomic mass is 10.6. The summed E-state index contributed by atoms with van der Waals surface area (Å²) in [6.07, 6.45) is 5.06. The summed E-state index contributed by atoms with van der Waals surface area (Å²) in [5, 5.41) is 0. The van der Waals surface area contributed by atoms with E-state index < -0.39 is 85.1 Å². The van der Waals surface area contributed by atoms with Gasteiger partial charge in [-0.2, -0.15) is 63.1 Å². The second-order valence-electron chi connectivity index (χ2n) is 20.1. The molecule has 26 heteroatoms. The van der Waals surface area contributed by atoms with Crippen molar-refractivity contribution in [1.29, 1.82) is 0 Å². The molecule has 1 unspecified atom stereocenters. The molecule has 0 aliphatic carbocycles. The molecule has 0 radical (unpaired) electrons. The third kappa shape index (κ3) is 36.4. The van der Waals surface area contributed by atoms with Crippen LogP contribution in [-0.2, 0) is 46.5 Å². The van der Waals surface area contributed by atoms with Crippen molar-refractivity contribution in [3.8, 4) is 0 Å². The molecular formula is C36H98O11S5Si10. The normalized spacial score (nSPS) is 14.8. The van der Waals surface area contributed by atoms with E-state index in [0.717, 1.165) is 66.9 Å². The lowest BCUT2D eigenvalue weighted by molar-refractivity contribution is 0.116. The molecule has 0 bridgehead atoms. The number of thiol groups is 5. The highest BCUT2D eigenvalue weighted by molar-refractivity contribution is 7.80. The summed E-state index contributed by atoms with van der Waals surface area (Å²) in [6, 6.07) is 4.76. The topological polar surface area (TPSA) is 102 Å². The average Bonchev–Trinajstić information content (AvgIpc) is 3.10. The number of hydrogen-bond donors (Lipinski definition) is 5. The van der Waals surface area contributed by atoms with Gasteiger partial charge in [0.2, 0.25) is 0 Å². The first-order chi connectivity index (χ1) is 28.0. The van der Waals surface area contributed by atoms with Gasteiger partial charge in [0, 0.05) is 40.5 Å². The Balaban J connectivity index is -0.000000847. The molecule has 11 nitrogen and oxygen atoms in total. The third-order valence-corrected chi connectivity index (χ3v) is 46.0. The van der Waals surface area contributed by atoms with Crippen LogP contribution in [0.25, 0.3) is 0 Å². The first kappa shape index (κ1) is 69.7. The Morgan fingerprint density at radius 3 is 0.823 bits per heavy atom. The number of rotatable bonds is 33. The van der Waals surface area contributed by atoms with Crippen LogP contribution in [0.3, 0.4) is 0 Å². The highest BCUT2D eigenvalue weighted by atomic mass is 32.1. The smallest absolute Gasteiger partial charge is 0.437 e. The second-order valence-corrected chi connectivity index (χ2v) is 61.1. The second kappa shape index (κ2) is 32.5. The molecule has 0 heterocycles. The van der Waals surface area contributed by atoms with Gasteiger partial charge in [0.15, 0.2) is 33.3 Å². The fourth-order valence-electron chi connectivity index (χ4n) is 7.12. The highest BCUT2D eigenvalue weighted by Crippen LogP contribution is 2.30. The first-order valence-electron chi connectivity index (χ1n) is 22.2. The molecular weight excluding hydrogens is 1050 g/mol. The summed E-state index contributed by atoms with van der Waals surface area (Å²) >= 11 is 21.4. The predicted molar refractivity (Wildman–Crippen MR) is 309 cm³/mol. The molecule has 0 aliphatic heterocycles. The molecule has 0 aliphatic rings. The van der Waals surface area contributed by atoms with Crippen molar-refractivity contribution < 1.29 is 46.5 Å². The average molecular weight is 1150 g/mol. The van der Waals surface area contributed by atoms with Crippen molar-refractivity contribution in [3.05, 3.63) is 0 Å². The molecule has 0 aromatic heterocycles. The lowest BCUT2D eigenvalue weighted by Crippen LogP contribution is -2.59. The van der Waals surface area contributed by atoms with E-state index in [0.29, 0.717) is 12.1 Å². The van der Waals surface area contributed by atoms with Gasteiger partial charge in [-0.1, -0.05) is 0 Å². The van der Waals surface area contributed by atoms with E-state index in [-0.39, 0.29) is 0 Å². The minimum atomic E-state index is -2.77. The van der Waals surface area contributed by atoms with E-state index in [2.05, 4.69) is 161 Å². The standard InChI is InChI=1S/C12H32O6S2Si3.C12H34O3SSi4.C12H32O2S2Si3/c1-13-22(14-2,11-7-9-19)17-21(5,6)18-23(15-3,16-4)12-8-10-20;1-17(2,3)13-19(7,8)15-20(9,12-10-11-16)14-18(4,5)6;1-17(2,11-7-9-15)13-19(5,6)14-18(3,4)12-8-10-16/h19-20H,7-12H2,1-6H3;16H,10-12H2,1-9H3;15-16H,7-12H2,1-6H3. The molecule has 0 rings (SSSR count). The molecule has 0 N–H and O–H groups in total. The van der Waals surface area contributed by atoms with Gasteiger partial charge in [0.05, 0.1) is 0 Å². The Bertz CT molecular complexity index is 1100. The van der Waals surface area contributed by atoms with Crippen LogP contribution >= 0.6 is 63.1 Å². The summed E-state index contributed by atoms with van der Waals surface area (Å²) in [6.45, 7) is 37.4. The van der Waals surface area contributed by atoms with Gasteiger partial charge in [0.1, 0.15) is 0 Å². The van der Waals surface area contributed by atoms with Crippen LogP contribution in [0, 0.1) is 0 Å². The zero-order valence-electron chi connectivity index (χ0n) is 43.3. The quantitative estimate of drug-likeness (QED) is 0.0321. The Hall–Kier alpha value is 3.48.